The Hall–Kier alpha value is -0.400. The van der Waals surface area contributed by atoms with E-state index in [0.29, 0.717) is 5.92 Å². The van der Waals surface area contributed by atoms with E-state index in [-0.39, 0.29) is 6.04 Å². The molecule has 11 heavy (non-hydrogen) atoms. The molecule has 3 unspecified atom stereocenters. The summed E-state index contributed by atoms with van der Waals surface area (Å²) in [6.07, 6.45) is 2.05. The molecule has 3 atom stereocenters. The van der Waals surface area contributed by atoms with Crippen molar-refractivity contribution in [1.82, 2.24) is 0 Å². The molecule has 2 heteroatoms. The molecule has 1 rings (SSSR count). The lowest BCUT2D eigenvalue weighted by Gasteiger charge is -2.04. The number of hydrogen-bond acceptors (Lipinski definition) is 2. The lowest BCUT2D eigenvalue weighted by Crippen LogP contribution is -2.07. The average molecular weight is 155 g/mol. The van der Waals surface area contributed by atoms with Crippen molar-refractivity contribution >= 4 is 0 Å². The van der Waals surface area contributed by atoms with E-state index in [4.69, 9.17) is 0 Å². The molecular formula is C9H17NO. The lowest BCUT2D eigenvalue weighted by molar-refractivity contribution is 0.505. The first-order valence-corrected chi connectivity index (χ1v) is 4.54. The summed E-state index contributed by atoms with van der Waals surface area (Å²) in [5.74, 6) is 2.04. The molecule has 1 saturated carbocycles. The van der Waals surface area contributed by atoms with Crippen LogP contribution in [0.15, 0.2) is 5.18 Å². The van der Waals surface area contributed by atoms with Crippen LogP contribution in [0.4, 0.5) is 0 Å². The van der Waals surface area contributed by atoms with Crippen molar-refractivity contribution in [2.75, 3.05) is 0 Å². The summed E-state index contributed by atoms with van der Waals surface area (Å²) in [5.41, 5.74) is 0. The Morgan fingerprint density at radius 2 is 1.91 bits per heavy atom. The largest absolute Gasteiger partial charge is 0.151 e. The topological polar surface area (TPSA) is 29.4 Å². The normalized spacial score (nSPS) is 38.3. The molecule has 1 aliphatic carbocycles. The number of rotatable bonds is 4. The second-order valence-corrected chi connectivity index (χ2v) is 3.76. The molecular weight excluding hydrogens is 138 g/mol. The van der Waals surface area contributed by atoms with E-state index in [9.17, 15) is 4.91 Å². The second kappa shape index (κ2) is 3.33. The van der Waals surface area contributed by atoms with Crippen molar-refractivity contribution in [2.45, 2.75) is 39.7 Å². The van der Waals surface area contributed by atoms with Crippen LogP contribution < -0.4 is 0 Å². The standard InChI is InChI=1S/C9H17NO/c1-4-5-8(10-11)9-6(2)7(9)3/h6-9H,4-5H2,1-3H3. The molecule has 64 valence electrons. The molecule has 0 aliphatic heterocycles. The quantitative estimate of drug-likeness (QED) is 0.574. The lowest BCUT2D eigenvalue weighted by atomic mass is 10.1. The highest BCUT2D eigenvalue weighted by Crippen LogP contribution is 2.49. The van der Waals surface area contributed by atoms with Crippen molar-refractivity contribution in [3.63, 3.8) is 0 Å². The first kappa shape index (κ1) is 8.69. The second-order valence-electron chi connectivity index (χ2n) is 3.76. The van der Waals surface area contributed by atoms with Crippen molar-refractivity contribution in [3.05, 3.63) is 4.91 Å². The molecule has 0 aromatic heterocycles. The van der Waals surface area contributed by atoms with E-state index < -0.39 is 0 Å². The van der Waals surface area contributed by atoms with Gasteiger partial charge < -0.3 is 0 Å². The predicted molar refractivity (Wildman–Crippen MR) is 46.3 cm³/mol. The third-order valence-electron chi connectivity index (χ3n) is 3.07. The summed E-state index contributed by atoms with van der Waals surface area (Å²) in [7, 11) is 0. The van der Waals surface area contributed by atoms with E-state index in [0.717, 1.165) is 24.7 Å². The molecule has 0 heterocycles. The fourth-order valence-corrected chi connectivity index (χ4v) is 2.01. The van der Waals surface area contributed by atoms with Gasteiger partial charge in [-0.15, -0.1) is 0 Å². The molecule has 0 saturated heterocycles. The molecule has 1 aliphatic rings. The molecule has 2 nitrogen and oxygen atoms in total. The maximum atomic E-state index is 10.4. The van der Waals surface area contributed by atoms with Crippen molar-refractivity contribution in [3.8, 4) is 0 Å². The SMILES string of the molecule is CCCC(N=O)C1C(C)C1C. The Balaban J connectivity index is 2.38. The van der Waals surface area contributed by atoms with E-state index in [1.54, 1.807) is 0 Å². The first-order chi connectivity index (χ1) is 5.22. The van der Waals surface area contributed by atoms with Gasteiger partial charge in [0.2, 0.25) is 0 Å². The molecule has 0 spiro atoms. The van der Waals surface area contributed by atoms with Crippen LogP contribution in [0.5, 0.6) is 0 Å². The van der Waals surface area contributed by atoms with Gasteiger partial charge in [-0.2, -0.15) is 4.91 Å². The van der Waals surface area contributed by atoms with E-state index in [2.05, 4.69) is 25.9 Å². The van der Waals surface area contributed by atoms with Crippen molar-refractivity contribution < 1.29 is 0 Å². The van der Waals surface area contributed by atoms with Gasteiger partial charge in [-0.05, 0) is 24.2 Å². The maximum absolute atomic E-state index is 10.4. The van der Waals surface area contributed by atoms with Gasteiger partial charge in [-0.3, -0.25) is 0 Å². The number of hydrogen-bond donors (Lipinski definition) is 0. The highest BCUT2D eigenvalue weighted by Gasteiger charge is 2.48. The highest BCUT2D eigenvalue weighted by atomic mass is 16.3. The minimum Gasteiger partial charge on any atom is -0.151 e. The Morgan fingerprint density at radius 3 is 2.18 bits per heavy atom. The Bertz CT molecular complexity index is 138. The third-order valence-corrected chi connectivity index (χ3v) is 3.07. The van der Waals surface area contributed by atoms with Crippen molar-refractivity contribution in [2.24, 2.45) is 22.9 Å². The molecule has 0 aromatic carbocycles. The van der Waals surface area contributed by atoms with Gasteiger partial charge >= 0.3 is 0 Å². The van der Waals surface area contributed by atoms with Crippen LogP contribution in [-0.2, 0) is 0 Å². The van der Waals surface area contributed by atoms with Gasteiger partial charge in [0.25, 0.3) is 0 Å². The predicted octanol–water partition coefficient (Wildman–Crippen LogP) is 2.82. The summed E-state index contributed by atoms with van der Waals surface area (Å²) in [5, 5.41) is 3.19. The van der Waals surface area contributed by atoms with Crippen LogP contribution in [0.1, 0.15) is 33.6 Å². The zero-order valence-corrected chi connectivity index (χ0v) is 7.58. The molecule has 1 fully saturated rings. The van der Waals surface area contributed by atoms with Crippen LogP contribution in [0.25, 0.3) is 0 Å². The molecule has 0 amide bonds. The molecule has 0 bridgehead atoms. The zero-order valence-electron chi connectivity index (χ0n) is 7.58. The summed E-state index contributed by atoms with van der Waals surface area (Å²) < 4.78 is 0. The summed E-state index contributed by atoms with van der Waals surface area (Å²) in [6.45, 7) is 6.53. The summed E-state index contributed by atoms with van der Waals surface area (Å²) in [6, 6.07) is 0.102. The van der Waals surface area contributed by atoms with Gasteiger partial charge in [-0.25, -0.2) is 0 Å². The summed E-state index contributed by atoms with van der Waals surface area (Å²) in [4.78, 5) is 10.4. The third kappa shape index (κ3) is 1.60. The van der Waals surface area contributed by atoms with Gasteiger partial charge in [0.05, 0.1) is 6.04 Å². The minimum absolute atomic E-state index is 0.102. The van der Waals surface area contributed by atoms with E-state index in [1.165, 1.54) is 0 Å². The fourth-order valence-electron chi connectivity index (χ4n) is 2.01. The highest BCUT2D eigenvalue weighted by molar-refractivity contribution is 4.98. The zero-order chi connectivity index (χ0) is 8.43. The van der Waals surface area contributed by atoms with Crippen LogP contribution >= 0.6 is 0 Å². The average Bonchev–Trinajstić information content (AvgIpc) is 2.56. The first-order valence-electron chi connectivity index (χ1n) is 4.54. The van der Waals surface area contributed by atoms with Gasteiger partial charge in [0, 0.05) is 0 Å². The van der Waals surface area contributed by atoms with Gasteiger partial charge in [0.1, 0.15) is 0 Å². The molecule has 0 radical (unpaired) electrons. The van der Waals surface area contributed by atoms with E-state index in [1.807, 2.05) is 0 Å². The molecule has 0 aromatic rings. The Labute approximate surface area is 68.3 Å². The Kier molecular flexibility index (Phi) is 2.63. The Morgan fingerprint density at radius 1 is 1.36 bits per heavy atom. The van der Waals surface area contributed by atoms with Crippen LogP contribution in [0, 0.1) is 22.7 Å². The maximum Gasteiger partial charge on any atom is 0.0953 e. The molecule has 0 N–H and O–H groups in total. The number of nitrogens with zero attached hydrogens (tertiary/aromatic N) is 1. The monoisotopic (exact) mass is 155 g/mol. The summed E-state index contributed by atoms with van der Waals surface area (Å²) >= 11 is 0. The van der Waals surface area contributed by atoms with Crippen LogP contribution in [0.2, 0.25) is 0 Å². The van der Waals surface area contributed by atoms with Crippen LogP contribution in [0.3, 0.4) is 0 Å². The van der Waals surface area contributed by atoms with Gasteiger partial charge in [0.15, 0.2) is 0 Å². The number of nitroso groups, excluding NO2 is 1. The minimum atomic E-state index is 0.102. The van der Waals surface area contributed by atoms with E-state index >= 15 is 0 Å². The smallest absolute Gasteiger partial charge is 0.0953 e. The fraction of sp³-hybridized carbons (Fsp3) is 1.00. The van der Waals surface area contributed by atoms with Gasteiger partial charge in [-0.1, -0.05) is 32.4 Å². The van der Waals surface area contributed by atoms with Crippen LogP contribution in [-0.4, -0.2) is 6.04 Å². The van der Waals surface area contributed by atoms with Crippen molar-refractivity contribution in [1.29, 1.82) is 0 Å².